The van der Waals surface area contributed by atoms with Crippen LogP contribution in [-0.2, 0) is 4.74 Å². The van der Waals surface area contributed by atoms with Crippen molar-refractivity contribution in [2.24, 2.45) is 0 Å². The lowest BCUT2D eigenvalue weighted by molar-refractivity contribution is -0.0761. The normalized spacial score (nSPS) is 27.6. The van der Waals surface area contributed by atoms with Crippen LogP contribution >= 0.6 is 11.6 Å². The molecule has 0 bridgehead atoms. The van der Waals surface area contributed by atoms with Crippen molar-refractivity contribution in [2.45, 2.75) is 44.8 Å². The van der Waals surface area contributed by atoms with Gasteiger partial charge < -0.3 is 9.47 Å². The Morgan fingerprint density at radius 1 is 1.35 bits per heavy atom. The van der Waals surface area contributed by atoms with Crippen LogP contribution in [0.5, 0.6) is 5.75 Å². The van der Waals surface area contributed by atoms with Crippen molar-refractivity contribution in [3.05, 3.63) is 29.3 Å². The van der Waals surface area contributed by atoms with Crippen LogP contribution in [0.1, 0.15) is 24.5 Å². The lowest BCUT2D eigenvalue weighted by Crippen LogP contribution is -2.52. The van der Waals surface area contributed by atoms with Gasteiger partial charge in [0.2, 0.25) is 0 Å². The Hall–Kier alpha value is -0.730. The summed E-state index contributed by atoms with van der Waals surface area (Å²) in [6, 6.07) is 6.21. The average Bonchev–Trinajstić information content (AvgIpc) is 2.28. The highest BCUT2D eigenvalue weighted by atomic mass is 35.5. The molecule has 0 spiro atoms. The highest BCUT2D eigenvalue weighted by Crippen LogP contribution is 2.34. The zero-order valence-electron chi connectivity index (χ0n) is 10.6. The van der Waals surface area contributed by atoms with Crippen LogP contribution < -0.4 is 4.74 Å². The van der Waals surface area contributed by atoms with Crippen LogP contribution in [0.4, 0.5) is 0 Å². The molecule has 0 radical (unpaired) electrons. The van der Waals surface area contributed by atoms with Crippen molar-refractivity contribution in [3.63, 3.8) is 0 Å². The van der Waals surface area contributed by atoms with E-state index in [2.05, 4.69) is 26.0 Å². The van der Waals surface area contributed by atoms with Gasteiger partial charge in [-0.3, -0.25) is 0 Å². The summed E-state index contributed by atoms with van der Waals surface area (Å²) in [6.45, 7) is 6.81. The molecule has 0 saturated heterocycles. The number of ether oxygens (including phenoxy) is 2. The van der Waals surface area contributed by atoms with E-state index in [1.807, 2.05) is 13.0 Å². The Bertz CT molecular complexity index is 392. The van der Waals surface area contributed by atoms with Gasteiger partial charge in [-0.15, -0.1) is 11.6 Å². The van der Waals surface area contributed by atoms with E-state index in [1.165, 1.54) is 11.1 Å². The van der Waals surface area contributed by atoms with Crippen LogP contribution in [-0.4, -0.2) is 24.2 Å². The number of benzene rings is 1. The van der Waals surface area contributed by atoms with Crippen molar-refractivity contribution in [1.29, 1.82) is 0 Å². The van der Waals surface area contributed by atoms with Crippen molar-refractivity contribution in [1.82, 2.24) is 0 Å². The molecule has 1 fully saturated rings. The van der Waals surface area contributed by atoms with Crippen molar-refractivity contribution >= 4 is 11.6 Å². The summed E-state index contributed by atoms with van der Waals surface area (Å²) in [5, 5.41) is 0.0886. The van der Waals surface area contributed by atoms with Gasteiger partial charge in [0, 0.05) is 13.0 Å². The van der Waals surface area contributed by atoms with E-state index < -0.39 is 0 Å². The van der Waals surface area contributed by atoms with E-state index in [0.717, 1.165) is 12.2 Å². The van der Waals surface area contributed by atoms with Crippen LogP contribution in [0, 0.1) is 13.8 Å². The SMILES string of the molecule is CCOC1C(Cl)CC1Oc1ccc(C)cc1C. The molecule has 1 aromatic rings. The highest BCUT2D eigenvalue weighted by molar-refractivity contribution is 6.21. The van der Waals surface area contributed by atoms with E-state index in [4.69, 9.17) is 21.1 Å². The van der Waals surface area contributed by atoms with E-state index in [1.54, 1.807) is 0 Å². The third kappa shape index (κ3) is 2.75. The summed E-state index contributed by atoms with van der Waals surface area (Å²) >= 11 is 6.11. The molecule has 1 saturated carbocycles. The van der Waals surface area contributed by atoms with E-state index in [9.17, 15) is 0 Å². The first-order valence-corrected chi connectivity index (χ1v) is 6.55. The second kappa shape index (κ2) is 5.28. The van der Waals surface area contributed by atoms with Gasteiger partial charge in [0.1, 0.15) is 18.0 Å². The van der Waals surface area contributed by atoms with Crippen LogP contribution in [0.2, 0.25) is 0 Å². The second-order valence-corrected chi connectivity index (χ2v) is 5.16. The maximum atomic E-state index is 6.11. The Balaban J connectivity index is 2.01. The van der Waals surface area contributed by atoms with E-state index in [0.29, 0.717) is 6.61 Å². The number of rotatable bonds is 4. The largest absolute Gasteiger partial charge is 0.487 e. The Morgan fingerprint density at radius 3 is 2.71 bits per heavy atom. The standard InChI is InChI=1S/C14H19ClO2/c1-4-16-14-11(15)8-13(14)17-12-6-5-9(2)7-10(12)3/h5-7,11,13-14H,4,8H2,1-3H3. The molecule has 1 aliphatic carbocycles. The fourth-order valence-corrected chi connectivity index (χ4v) is 2.55. The Morgan fingerprint density at radius 2 is 2.12 bits per heavy atom. The van der Waals surface area contributed by atoms with Gasteiger partial charge in [0.15, 0.2) is 0 Å². The highest BCUT2D eigenvalue weighted by Gasteiger charge is 2.42. The van der Waals surface area contributed by atoms with Gasteiger partial charge in [0.05, 0.1) is 5.38 Å². The molecular weight excluding hydrogens is 236 g/mol. The third-order valence-corrected chi connectivity index (χ3v) is 3.57. The van der Waals surface area contributed by atoms with Gasteiger partial charge in [0.25, 0.3) is 0 Å². The topological polar surface area (TPSA) is 18.5 Å². The molecule has 2 rings (SSSR count). The molecule has 94 valence electrons. The lowest BCUT2D eigenvalue weighted by atomic mass is 9.90. The number of hydrogen-bond donors (Lipinski definition) is 0. The zero-order chi connectivity index (χ0) is 12.4. The second-order valence-electron chi connectivity index (χ2n) is 4.60. The van der Waals surface area contributed by atoms with Gasteiger partial charge in [-0.2, -0.15) is 0 Å². The maximum Gasteiger partial charge on any atom is 0.128 e. The molecule has 0 aromatic heterocycles. The molecule has 1 aromatic carbocycles. The number of hydrogen-bond acceptors (Lipinski definition) is 2. The van der Waals surface area contributed by atoms with Crippen LogP contribution in [0.25, 0.3) is 0 Å². The number of aryl methyl sites for hydroxylation is 2. The van der Waals surface area contributed by atoms with Gasteiger partial charge >= 0.3 is 0 Å². The lowest BCUT2D eigenvalue weighted by Gasteiger charge is -2.40. The summed E-state index contributed by atoms with van der Waals surface area (Å²) in [5.74, 6) is 0.939. The molecule has 0 N–H and O–H groups in total. The van der Waals surface area contributed by atoms with Gasteiger partial charge in [-0.1, -0.05) is 17.7 Å². The average molecular weight is 255 g/mol. The predicted octanol–water partition coefficient (Wildman–Crippen LogP) is 3.47. The summed E-state index contributed by atoms with van der Waals surface area (Å²) in [6.07, 6.45) is 0.987. The first kappa shape index (κ1) is 12.7. The smallest absolute Gasteiger partial charge is 0.128 e. The molecule has 3 heteroatoms. The quantitative estimate of drug-likeness (QED) is 0.766. The third-order valence-electron chi connectivity index (χ3n) is 3.15. The fourth-order valence-electron chi connectivity index (χ4n) is 2.14. The summed E-state index contributed by atoms with van der Waals surface area (Å²) < 4.78 is 11.5. The number of halogens is 1. The van der Waals surface area contributed by atoms with Gasteiger partial charge in [-0.25, -0.2) is 0 Å². The molecule has 3 atom stereocenters. The summed E-state index contributed by atoms with van der Waals surface area (Å²) in [5.41, 5.74) is 2.42. The van der Waals surface area contributed by atoms with E-state index >= 15 is 0 Å². The molecule has 3 unspecified atom stereocenters. The van der Waals surface area contributed by atoms with Gasteiger partial charge in [-0.05, 0) is 32.4 Å². The molecule has 0 aliphatic heterocycles. The Kier molecular flexibility index (Phi) is 3.95. The first-order valence-electron chi connectivity index (χ1n) is 6.11. The monoisotopic (exact) mass is 254 g/mol. The van der Waals surface area contributed by atoms with E-state index in [-0.39, 0.29) is 17.6 Å². The predicted molar refractivity (Wildman–Crippen MR) is 70.0 cm³/mol. The minimum atomic E-state index is 0.0300. The van der Waals surface area contributed by atoms with Crippen LogP contribution in [0.3, 0.4) is 0 Å². The maximum absolute atomic E-state index is 6.11. The Labute approximate surface area is 108 Å². The van der Waals surface area contributed by atoms with Crippen LogP contribution in [0.15, 0.2) is 18.2 Å². The summed E-state index contributed by atoms with van der Waals surface area (Å²) in [4.78, 5) is 0. The molecule has 0 heterocycles. The minimum absolute atomic E-state index is 0.0300. The molecule has 17 heavy (non-hydrogen) atoms. The molecule has 2 nitrogen and oxygen atoms in total. The van der Waals surface area contributed by atoms with Crippen molar-refractivity contribution in [3.8, 4) is 5.75 Å². The minimum Gasteiger partial charge on any atom is -0.487 e. The molecular formula is C14H19ClO2. The number of alkyl halides is 1. The molecule has 0 amide bonds. The first-order chi connectivity index (χ1) is 8.11. The molecule has 1 aliphatic rings. The summed E-state index contributed by atoms with van der Waals surface area (Å²) in [7, 11) is 0. The van der Waals surface area contributed by atoms with Crippen molar-refractivity contribution in [2.75, 3.05) is 6.61 Å². The fraction of sp³-hybridized carbons (Fsp3) is 0.571. The van der Waals surface area contributed by atoms with Crippen molar-refractivity contribution < 1.29 is 9.47 Å². The zero-order valence-corrected chi connectivity index (χ0v) is 11.3.